The Balaban J connectivity index is 1.26. The van der Waals surface area contributed by atoms with E-state index in [0.717, 1.165) is 11.1 Å². The number of rotatable bonds is 10. The first-order valence-electron chi connectivity index (χ1n) is 15.5. The predicted molar refractivity (Wildman–Crippen MR) is 170 cm³/mol. The van der Waals surface area contributed by atoms with Gasteiger partial charge in [0.2, 0.25) is 23.6 Å². The Bertz CT molecular complexity index is 1640. The number of ether oxygens (including phenoxy) is 2. The van der Waals surface area contributed by atoms with Crippen molar-refractivity contribution in [2.75, 3.05) is 33.0 Å². The fraction of sp³-hybridized carbons (Fsp3) is 0.375. The molecule has 0 unspecified atom stereocenters. The van der Waals surface area contributed by atoms with E-state index in [-0.39, 0.29) is 58.3 Å². The number of imidazole rings is 1. The molecular formula is C32H38N10O6. The Kier molecular flexibility index (Phi) is 12.3. The first-order valence-corrected chi connectivity index (χ1v) is 15.5. The number of benzene rings is 1. The standard InChI is InChI=1S/C32H38N10O6/c43-29(35-16-23-5-2-1-3-6-23)20-41-18-25(36-22-41)13-28-32(46)38-27(31(45)34-9-10-47-11-12-48-21-30(44)37-28)14-26-19-42(40-39-26)17-24-7-4-8-33-15-24/h1-8,15,18-19,22,27-28H,9-14,16-17,20-21H2,(H,34,45)(H,35,43)(H,37,44)(H,38,46)/t27-,28+/m1/s1. The summed E-state index contributed by atoms with van der Waals surface area (Å²) in [5, 5.41) is 19.5. The molecule has 4 heterocycles. The second-order valence-corrected chi connectivity index (χ2v) is 11.1. The zero-order chi connectivity index (χ0) is 33.6. The Morgan fingerprint density at radius 1 is 0.896 bits per heavy atom. The third-order valence-corrected chi connectivity index (χ3v) is 7.26. The quantitative estimate of drug-likeness (QED) is 0.167. The van der Waals surface area contributed by atoms with Crippen LogP contribution in [-0.2, 0) is 61.1 Å². The van der Waals surface area contributed by atoms with Crippen molar-refractivity contribution >= 4 is 23.6 Å². The van der Waals surface area contributed by atoms with Crippen molar-refractivity contribution in [3.05, 3.63) is 96.1 Å². The number of hydrogen-bond acceptors (Lipinski definition) is 10. The van der Waals surface area contributed by atoms with Crippen LogP contribution in [-0.4, -0.2) is 98.2 Å². The van der Waals surface area contributed by atoms with Crippen molar-refractivity contribution in [2.24, 2.45) is 0 Å². The van der Waals surface area contributed by atoms with Gasteiger partial charge in [-0.1, -0.05) is 41.6 Å². The summed E-state index contributed by atoms with van der Waals surface area (Å²) in [6.45, 7) is 1.36. The Morgan fingerprint density at radius 2 is 1.69 bits per heavy atom. The number of aromatic nitrogens is 6. The molecule has 1 aliphatic rings. The molecule has 4 aromatic rings. The second kappa shape index (κ2) is 17.4. The third-order valence-electron chi connectivity index (χ3n) is 7.26. The molecule has 252 valence electrons. The summed E-state index contributed by atoms with van der Waals surface area (Å²) in [5.74, 6) is -1.79. The Hall–Kier alpha value is -5.48. The van der Waals surface area contributed by atoms with E-state index in [9.17, 15) is 19.2 Å². The number of nitrogens with zero attached hydrogens (tertiary/aromatic N) is 6. The van der Waals surface area contributed by atoms with Crippen LogP contribution < -0.4 is 21.3 Å². The van der Waals surface area contributed by atoms with Crippen LogP contribution in [0.25, 0.3) is 0 Å². The molecule has 48 heavy (non-hydrogen) atoms. The van der Waals surface area contributed by atoms with Gasteiger partial charge in [-0.15, -0.1) is 5.10 Å². The van der Waals surface area contributed by atoms with Gasteiger partial charge in [0.15, 0.2) is 0 Å². The van der Waals surface area contributed by atoms with Crippen LogP contribution in [0.15, 0.2) is 73.6 Å². The van der Waals surface area contributed by atoms with Gasteiger partial charge in [0.05, 0.1) is 44.1 Å². The van der Waals surface area contributed by atoms with Gasteiger partial charge in [0, 0.05) is 50.7 Å². The SMILES string of the molecule is O=C(Cn1cnc(C[C@@H]2NC(=O)COCCOCCNC(=O)[C@@H](Cc3cn(Cc4cccnc4)nn3)NC2=O)c1)NCc1ccccc1. The average Bonchev–Trinajstić information content (AvgIpc) is 3.73. The van der Waals surface area contributed by atoms with E-state index in [1.165, 1.54) is 6.33 Å². The molecule has 0 aliphatic carbocycles. The van der Waals surface area contributed by atoms with Crippen LogP contribution in [0.5, 0.6) is 0 Å². The molecule has 4 N–H and O–H groups in total. The first-order chi connectivity index (χ1) is 23.4. The molecule has 4 amide bonds. The summed E-state index contributed by atoms with van der Waals surface area (Å²) in [6, 6.07) is 11.1. The van der Waals surface area contributed by atoms with Gasteiger partial charge in [-0.2, -0.15) is 0 Å². The van der Waals surface area contributed by atoms with E-state index in [2.05, 4.69) is 41.5 Å². The Labute approximate surface area is 276 Å². The lowest BCUT2D eigenvalue weighted by atomic mass is 10.1. The summed E-state index contributed by atoms with van der Waals surface area (Å²) >= 11 is 0. The minimum Gasteiger partial charge on any atom is -0.377 e. The monoisotopic (exact) mass is 658 g/mol. The molecule has 5 rings (SSSR count). The van der Waals surface area contributed by atoms with Crippen molar-refractivity contribution < 1.29 is 28.7 Å². The van der Waals surface area contributed by atoms with Crippen LogP contribution in [0, 0.1) is 0 Å². The number of amides is 4. The molecule has 0 bridgehead atoms. The minimum absolute atomic E-state index is 0.00501. The molecule has 1 fully saturated rings. The van der Waals surface area contributed by atoms with Gasteiger partial charge in [0.25, 0.3) is 0 Å². The molecular weight excluding hydrogens is 620 g/mol. The van der Waals surface area contributed by atoms with Gasteiger partial charge in [-0.05, 0) is 17.2 Å². The fourth-order valence-electron chi connectivity index (χ4n) is 4.90. The molecule has 1 saturated heterocycles. The number of pyridine rings is 1. The molecule has 2 atom stereocenters. The van der Waals surface area contributed by atoms with Crippen LogP contribution in [0.1, 0.15) is 22.5 Å². The maximum Gasteiger partial charge on any atom is 0.246 e. The van der Waals surface area contributed by atoms with E-state index < -0.39 is 29.8 Å². The lowest BCUT2D eigenvalue weighted by Gasteiger charge is -2.22. The summed E-state index contributed by atoms with van der Waals surface area (Å²) in [5.41, 5.74) is 2.83. The molecule has 1 aromatic carbocycles. The fourth-order valence-corrected chi connectivity index (χ4v) is 4.90. The van der Waals surface area contributed by atoms with E-state index in [1.54, 1.807) is 34.0 Å². The molecule has 16 nitrogen and oxygen atoms in total. The molecule has 3 aromatic heterocycles. The molecule has 0 radical (unpaired) electrons. The molecule has 16 heteroatoms. The maximum absolute atomic E-state index is 13.7. The zero-order valence-corrected chi connectivity index (χ0v) is 26.3. The Morgan fingerprint density at radius 3 is 2.52 bits per heavy atom. The molecule has 0 saturated carbocycles. The highest BCUT2D eigenvalue weighted by Crippen LogP contribution is 2.07. The highest BCUT2D eigenvalue weighted by molar-refractivity contribution is 5.92. The van der Waals surface area contributed by atoms with Crippen LogP contribution in [0.4, 0.5) is 0 Å². The first kappa shape index (κ1) is 33.9. The molecule has 1 aliphatic heterocycles. The minimum atomic E-state index is -1.10. The number of carbonyl (C=O) groups excluding carboxylic acids is 4. The highest BCUT2D eigenvalue weighted by Gasteiger charge is 2.29. The third kappa shape index (κ3) is 10.8. The summed E-state index contributed by atoms with van der Waals surface area (Å²) in [4.78, 5) is 60.7. The largest absolute Gasteiger partial charge is 0.377 e. The predicted octanol–water partition coefficient (Wildman–Crippen LogP) is -0.848. The summed E-state index contributed by atoms with van der Waals surface area (Å²) in [6.07, 6.45) is 8.26. The smallest absolute Gasteiger partial charge is 0.246 e. The van der Waals surface area contributed by atoms with Crippen molar-refractivity contribution in [3.8, 4) is 0 Å². The lowest BCUT2D eigenvalue weighted by molar-refractivity contribution is -0.133. The average molecular weight is 659 g/mol. The van der Waals surface area contributed by atoms with Gasteiger partial charge in [0.1, 0.15) is 25.2 Å². The van der Waals surface area contributed by atoms with Gasteiger partial charge in [-0.3, -0.25) is 24.2 Å². The number of carbonyl (C=O) groups is 4. The van der Waals surface area contributed by atoms with Crippen molar-refractivity contribution in [2.45, 2.75) is 44.6 Å². The van der Waals surface area contributed by atoms with Crippen molar-refractivity contribution in [1.29, 1.82) is 0 Å². The van der Waals surface area contributed by atoms with Crippen LogP contribution in [0.3, 0.4) is 0 Å². The van der Waals surface area contributed by atoms with Crippen molar-refractivity contribution in [3.63, 3.8) is 0 Å². The van der Waals surface area contributed by atoms with Gasteiger partial charge >= 0.3 is 0 Å². The van der Waals surface area contributed by atoms with E-state index in [1.807, 2.05) is 42.5 Å². The van der Waals surface area contributed by atoms with Gasteiger partial charge in [-0.25, -0.2) is 9.67 Å². The van der Waals surface area contributed by atoms with E-state index >= 15 is 0 Å². The second-order valence-electron chi connectivity index (χ2n) is 11.1. The van der Waals surface area contributed by atoms with Crippen LogP contribution in [0.2, 0.25) is 0 Å². The van der Waals surface area contributed by atoms with E-state index in [0.29, 0.717) is 24.5 Å². The van der Waals surface area contributed by atoms with Crippen molar-refractivity contribution in [1.82, 2.24) is 50.8 Å². The lowest BCUT2D eigenvalue weighted by Crippen LogP contribution is -2.55. The summed E-state index contributed by atoms with van der Waals surface area (Å²) in [7, 11) is 0. The number of hydrogen-bond donors (Lipinski definition) is 4. The zero-order valence-electron chi connectivity index (χ0n) is 26.3. The number of nitrogens with one attached hydrogen (secondary N) is 4. The molecule has 0 spiro atoms. The normalized spacial score (nSPS) is 18.1. The maximum atomic E-state index is 13.7. The highest BCUT2D eigenvalue weighted by atomic mass is 16.5. The van der Waals surface area contributed by atoms with Crippen LogP contribution >= 0.6 is 0 Å². The topological polar surface area (TPSA) is 196 Å². The summed E-state index contributed by atoms with van der Waals surface area (Å²) < 4.78 is 14.1. The van der Waals surface area contributed by atoms with Gasteiger partial charge < -0.3 is 35.3 Å². The van der Waals surface area contributed by atoms with E-state index in [4.69, 9.17) is 9.47 Å².